The van der Waals surface area contributed by atoms with E-state index in [0.717, 1.165) is 16.8 Å². The fourth-order valence-corrected chi connectivity index (χ4v) is 2.35. The largest absolute Gasteiger partial charge is 0.381 e. The van der Waals surface area contributed by atoms with Crippen LogP contribution in [-0.4, -0.2) is 19.6 Å². The van der Waals surface area contributed by atoms with Gasteiger partial charge in [-0.1, -0.05) is 48.5 Å². The second-order valence-electron chi connectivity index (χ2n) is 5.01. The fourth-order valence-electron chi connectivity index (χ4n) is 2.35. The van der Waals surface area contributed by atoms with Crippen LogP contribution in [0.5, 0.6) is 0 Å². The van der Waals surface area contributed by atoms with E-state index in [9.17, 15) is 4.79 Å². The van der Waals surface area contributed by atoms with Gasteiger partial charge in [-0.15, -0.1) is 0 Å². The number of amides is 1. The summed E-state index contributed by atoms with van der Waals surface area (Å²) in [4.78, 5) is 12.2. The number of benzene rings is 2. The SMILES string of the molecule is COCC(Nc1ccccc1C)(C(N)=O)c1ccccc1. The number of methoxy groups -OCH3 is 1. The van der Waals surface area contributed by atoms with Gasteiger partial charge >= 0.3 is 0 Å². The van der Waals surface area contributed by atoms with Crippen LogP contribution >= 0.6 is 0 Å². The van der Waals surface area contributed by atoms with Crippen molar-refractivity contribution >= 4 is 11.6 Å². The van der Waals surface area contributed by atoms with Gasteiger partial charge in [-0.3, -0.25) is 4.79 Å². The van der Waals surface area contributed by atoms with Crippen molar-refractivity contribution in [2.75, 3.05) is 19.0 Å². The van der Waals surface area contributed by atoms with Crippen molar-refractivity contribution in [3.8, 4) is 0 Å². The molecule has 0 saturated carbocycles. The van der Waals surface area contributed by atoms with Gasteiger partial charge in [-0.2, -0.15) is 0 Å². The van der Waals surface area contributed by atoms with Gasteiger partial charge in [0.1, 0.15) is 0 Å². The van der Waals surface area contributed by atoms with Gasteiger partial charge in [0.25, 0.3) is 0 Å². The standard InChI is InChI=1S/C17H20N2O2/c1-13-8-6-7-11-15(13)19-17(12-21-2,16(18)20)14-9-4-3-5-10-14/h3-11,19H,12H2,1-2H3,(H2,18,20). The van der Waals surface area contributed by atoms with E-state index in [1.54, 1.807) is 7.11 Å². The fraction of sp³-hybridized carbons (Fsp3) is 0.235. The van der Waals surface area contributed by atoms with Crippen LogP contribution in [0.25, 0.3) is 0 Å². The lowest BCUT2D eigenvalue weighted by Crippen LogP contribution is -2.51. The Kier molecular flexibility index (Phi) is 4.60. The molecular weight excluding hydrogens is 264 g/mol. The minimum Gasteiger partial charge on any atom is -0.381 e. The molecule has 2 aromatic rings. The Morgan fingerprint density at radius 3 is 2.33 bits per heavy atom. The molecule has 1 atom stereocenters. The lowest BCUT2D eigenvalue weighted by Gasteiger charge is -2.33. The van der Waals surface area contributed by atoms with Gasteiger partial charge in [-0.25, -0.2) is 0 Å². The first kappa shape index (κ1) is 15.1. The van der Waals surface area contributed by atoms with Gasteiger partial charge in [-0.05, 0) is 24.1 Å². The Morgan fingerprint density at radius 1 is 1.14 bits per heavy atom. The molecule has 4 nitrogen and oxygen atoms in total. The summed E-state index contributed by atoms with van der Waals surface area (Å²) in [5.74, 6) is -0.473. The van der Waals surface area contributed by atoms with Gasteiger partial charge in [0.2, 0.25) is 5.91 Å². The molecule has 1 unspecified atom stereocenters. The Bertz CT molecular complexity index is 613. The molecule has 0 radical (unpaired) electrons. The van der Waals surface area contributed by atoms with Crippen molar-refractivity contribution < 1.29 is 9.53 Å². The minimum absolute atomic E-state index is 0.153. The highest BCUT2D eigenvalue weighted by Crippen LogP contribution is 2.28. The van der Waals surface area contributed by atoms with Crippen LogP contribution < -0.4 is 11.1 Å². The van der Waals surface area contributed by atoms with E-state index in [1.807, 2.05) is 61.5 Å². The molecule has 4 heteroatoms. The molecule has 0 aliphatic carbocycles. The summed E-state index contributed by atoms with van der Waals surface area (Å²) >= 11 is 0. The average molecular weight is 284 g/mol. The summed E-state index contributed by atoms with van der Waals surface area (Å²) in [6, 6.07) is 17.2. The summed E-state index contributed by atoms with van der Waals surface area (Å²) in [6.45, 7) is 2.13. The zero-order valence-corrected chi connectivity index (χ0v) is 12.3. The van der Waals surface area contributed by atoms with E-state index >= 15 is 0 Å². The van der Waals surface area contributed by atoms with Gasteiger partial charge in [0.15, 0.2) is 5.54 Å². The van der Waals surface area contributed by atoms with E-state index in [2.05, 4.69) is 5.32 Å². The number of carbonyl (C=O) groups excluding carboxylic acids is 1. The molecule has 0 aliphatic heterocycles. The van der Waals surface area contributed by atoms with Crippen molar-refractivity contribution in [3.63, 3.8) is 0 Å². The topological polar surface area (TPSA) is 64.3 Å². The van der Waals surface area contributed by atoms with Crippen LogP contribution in [-0.2, 0) is 15.1 Å². The molecule has 2 rings (SSSR count). The molecule has 0 heterocycles. The maximum Gasteiger partial charge on any atom is 0.250 e. The highest BCUT2D eigenvalue weighted by molar-refractivity contribution is 5.90. The zero-order chi connectivity index (χ0) is 15.3. The van der Waals surface area contributed by atoms with Crippen LogP contribution in [0.1, 0.15) is 11.1 Å². The van der Waals surface area contributed by atoms with E-state index in [0.29, 0.717) is 0 Å². The molecule has 2 aromatic carbocycles. The van der Waals surface area contributed by atoms with Crippen molar-refractivity contribution in [2.45, 2.75) is 12.5 Å². The number of para-hydroxylation sites is 1. The Morgan fingerprint density at radius 2 is 1.76 bits per heavy atom. The van der Waals surface area contributed by atoms with Crippen LogP contribution in [0.3, 0.4) is 0 Å². The predicted molar refractivity (Wildman–Crippen MR) is 84.0 cm³/mol. The molecule has 21 heavy (non-hydrogen) atoms. The summed E-state index contributed by atoms with van der Waals surface area (Å²) in [5.41, 5.74) is 7.29. The number of ether oxygens (including phenoxy) is 1. The van der Waals surface area contributed by atoms with Crippen molar-refractivity contribution in [1.82, 2.24) is 0 Å². The summed E-state index contributed by atoms with van der Waals surface area (Å²) in [6.07, 6.45) is 0. The second-order valence-corrected chi connectivity index (χ2v) is 5.01. The number of nitrogens with one attached hydrogen (secondary N) is 1. The molecule has 0 fully saturated rings. The third-order valence-electron chi connectivity index (χ3n) is 3.54. The van der Waals surface area contributed by atoms with Crippen LogP contribution in [0.2, 0.25) is 0 Å². The maximum atomic E-state index is 12.2. The first-order valence-electron chi connectivity index (χ1n) is 6.78. The molecule has 0 aliphatic rings. The number of nitrogens with two attached hydrogens (primary N) is 1. The quantitative estimate of drug-likeness (QED) is 0.856. The smallest absolute Gasteiger partial charge is 0.250 e. The Labute approximate surface area is 124 Å². The number of aryl methyl sites for hydroxylation is 1. The maximum absolute atomic E-state index is 12.2. The number of carbonyl (C=O) groups is 1. The monoisotopic (exact) mass is 284 g/mol. The number of hydrogen-bond donors (Lipinski definition) is 2. The minimum atomic E-state index is -1.10. The summed E-state index contributed by atoms with van der Waals surface area (Å²) in [5, 5.41) is 3.28. The van der Waals surface area contributed by atoms with Crippen molar-refractivity contribution in [2.24, 2.45) is 5.73 Å². The second kappa shape index (κ2) is 6.41. The van der Waals surface area contributed by atoms with Crippen molar-refractivity contribution in [3.05, 3.63) is 65.7 Å². The van der Waals surface area contributed by atoms with Crippen LogP contribution in [0.15, 0.2) is 54.6 Å². The first-order chi connectivity index (χ1) is 10.1. The van der Waals surface area contributed by atoms with Crippen molar-refractivity contribution in [1.29, 1.82) is 0 Å². The number of anilines is 1. The van der Waals surface area contributed by atoms with Gasteiger partial charge in [0, 0.05) is 12.8 Å². The molecule has 110 valence electrons. The molecule has 1 amide bonds. The van der Waals surface area contributed by atoms with Gasteiger partial charge < -0.3 is 15.8 Å². The zero-order valence-electron chi connectivity index (χ0n) is 12.3. The number of rotatable bonds is 6. The summed E-state index contributed by atoms with van der Waals surface area (Å²) < 4.78 is 5.27. The van der Waals surface area contributed by atoms with Gasteiger partial charge in [0.05, 0.1) is 6.61 Å². The molecule has 3 N–H and O–H groups in total. The third kappa shape index (κ3) is 3.06. The normalized spacial score (nSPS) is 13.4. The highest BCUT2D eigenvalue weighted by Gasteiger charge is 2.39. The predicted octanol–water partition coefficient (Wildman–Crippen LogP) is 2.43. The molecule has 0 saturated heterocycles. The molecule has 0 spiro atoms. The highest BCUT2D eigenvalue weighted by atomic mass is 16.5. The van der Waals surface area contributed by atoms with E-state index in [4.69, 9.17) is 10.5 Å². The molecular formula is C17H20N2O2. The lowest BCUT2D eigenvalue weighted by molar-refractivity contribution is -0.124. The Hall–Kier alpha value is -2.33. The first-order valence-corrected chi connectivity index (χ1v) is 6.78. The summed E-state index contributed by atoms with van der Waals surface area (Å²) in [7, 11) is 1.56. The Balaban J connectivity index is 2.50. The average Bonchev–Trinajstić information content (AvgIpc) is 2.49. The van der Waals surface area contributed by atoms with E-state index in [1.165, 1.54) is 0 Å². The van der Waals surface area contributed by atoms with E-state index in [-0.39, 0.29) is 6.61 Å². The number of hydrogen-bond acceptors (Lipinski definition) is 3. The van der Waals surface area contributed by atoms with Crippen LogP contribution in [0, 0.1) is 6.92 Å². The molecule has 0 aromatic heterocycles. The lowest BCUT2D eigenvalue weighted by atomic mass is 9.89. The number of primary amides is 1. The van der Waals surface area contributed by atoms with E-state index < -0.39 is 11.4 Å². The molecule has 0 bridgehead atoms. The third-order valence-corrected chi connectivity index (χ3v) is 3.54. The van der Waals surface area contributed by atoms with Crippen LogP contribution in [0.4, 0.5) is 5.69 Å².